The first kappa shape index (κ1) is 15.0. The summed E-state index contributed by atoms with van der Waals surface area (Å²) in [5, 5.41) is 14.0. The Morgan fingerprint density at radius 1 is 1.37 bits per heavy atom. The zero-order chi connectivity index (χ0) is 13.9. The van der Waals surface area contributed by atoms with E-state index in [-0.39, 0.29) is 0 Å². The predicted molar refractivity (Wildman–Crippen MR) is 82.7 cm³/mol. The van der Waals surface area contributed by atoms with Gasteiger partial charge in [0.2, 0.25) is 0 Å². The molecule has 1 fully saturated rings. The first-order chi connectivity index (χ1) is 9.02. The van der Waals surface area contributed by atoms with Gasteiger partial charge >= 0.3 is 0 Å². The van der Waals surface area contributed by atoms with E-state index in [4.69, 9.17) is 0 Å². The van der Waals surface area contributed by atoms with Crippen LogP contribution in [0.25, 0.3) is 0 Å². The minimum Gasteiger partial charge on any atom is -0.389 e. The lowest BCUT2D eigenvalue weighted by Crippen LogP contribution is -2.43. The molecule has 2 nitrogen and oxygen atoms in total. The SMILES string of the molecule is CCC1CCC(O)(CNCc2cc(C)sc2C)CC1. The molecular weight excluding hydrogens is 254 g/mol. The first-order valence-corrected chi connectivity index (χ1v) is 8.33. The molecule has 0 radical (unpaired) electrons. The monoisotopic (exact) mass is 281 g/mol. The van der Waals surface area contributed by atoms with Crippen LogP contribution in [-0.4, -0.2) is 17.3 Å². The first-order valence-electron chi connectivity index (χ1n) is 7.51. The molecule has 0 unspecified atom stereocenters. The van der Waals surface area contributed by atoms with Crippen LogP contribution < -0.4 is 5.32 Å². The summed E-state index contributed by atoms with van der Waals surface area (Å²) in [7, 11) is 0. The maximum atomic E-state index is 10.6. The van der Waals surface area contributed by atoms with Crippen LogP contribution in [0.3, 0.4) is 0 Å². The van der Waals surface area contributed by atoms with Crippen molar-refractivity contribution in [3.8, 4) is 0 Å². The third kappa shape index (κ3) is 4.04. The highest BCUT2D eigenvalue weighted by atomic mass is 32.1. The van der Waals surface area contributed by atoms with Gasteiger partial charge in [0.25, 0.3) is 0 Å². The molecule has 108 valence electrons. The van der Waals surface area contributed by atoms with Crippen LogP contribution in [0, 0.1) is 19.8 Å². The fourth-order valence-corrected chi connectivity index (χ4v) is 4.04. The topological polar surface area (TPSA) is 32.3 Å². The van der Waals surface area contributed by atoms with Crippen LogP contribution in [0.4, 0.5) is 0 Å². The summed E-state index contributed by atoms with van der Waals surface area (Å²) in [4.78, 5) is 2.77. The molecule has 3 heteroatoms. The van der Waals surface area contributed by atoms with E-state index in [1.54, 1.807) is 0 Å². The quantitative estimate of drug-likeness (QED) is 0.860. The summed E-state index contributed by atoms with van der Waals surface area (Å²) < 4.78 is 0. The van der Waals surface area contributed by atoms with Gasteiger partial charge in [-0.05, 0) is 57.1 Å². The fraction of sp³-hybridized carbons (Fsp3) is 0.750. The molecule has 1 aliphatic rings. The maximum absolute atomic E-state index is 10.6. The largest absolute Gasteiger partial charge is 0.389 e. The number of nitrogens with one attached hydrogen (secondary N) is 1. The molecule has 0 atom stereocenters. The van der Waals surface area contributed by atoms with Crippen LogP contribution in [0.5, 0.6) is 0 Å². The smallest absolute Gasteiger partial charge is 0.0771 e. The Balaban J connectivity index is 1.78. The highest BCUT2D eigenvalue weighted by Crippen LogP contribution is 2.33. The lowest BCUT2D eigenvalue weighted by atomic mass is 9.78. The second-order valence-electron chi connectivity index (χ2n) is 6.12. The van der Waals surface area contributed by atoms with Crippen LogP contribution in [-0.2, 0) is 6.54 Å². The van der Waals surface area contributed by atoms with Crippen molar-refractivity contribution in [3.63, 3.8) is 0 Å². The third-order valence-electron chi connectivity index (χ3n) is 4.53. The maximum Gasteiger partial charge on any atom is 0.0771 e. The summed E-state index contributed by atoms with van der Waals surface area (Å²) in [5.74, 6) is 0.835. The Kier molecular flexibility index (Phi) is 5.04. The molecule has 1 heterocycles. The van der Waals surface area contributed by atoms with Crippen LogP contribution in [0.15, 0.2) is 6.07 Å². The molecule has 0 amide bonds. The van der Waals surface area contributed by atoms with Crippen molar-refractivity contribution < 1.29 is 5.11 Å². The van der Waals surface area contributed by atoms with Gasteiger partial charge in [-0.3, -0.25) is 0 Å². The Bertz CT molecular complexity index is 405. The Morgan fingerprint density at radius 2 is 2.05 bits per heavy atom. The summed E-state index contributed by atoms with van der Waals surface area (Å²) in [5.41, 5.74) is 0.915. The van der Waals surface area contributed by atoms with Crippen LogP contribution in [0.2, 0.25) is 0 Å². The van der Waals surface area contributed by atoms with Gasteiger partial charge in [-0.1, -0.05) is 13.3 Å². The summed E-state index contributed by atoms with van der Waals surface area (Å²) in [6.45, 7) is 8.21. The number of aliphatic hydroxyl groups is 1. The number of hydrogen-bond donors (Lipinski definition) is 2. The minimum atomic E-state index is -0.468. The van der Waals surface area contributed by atoms with Gasteiger partial charge in [0.1, 0.15) is 0 Å². The van der Waals surface area contributed by atoms with Gasteiger partial charge in [0.05, 0.1) is 5.60 Å². The molecule has 2 N–H and O–H groups in total. The third-order valence-corrected chi connectivity index (χ3v) is 5.53. The van der Waals surface area contributed by atoms with Crippen molar-refractivity contribution in [1.29, 1.82) is 0 Å². The molecule has 0 aromatic carbocycles. The minimum absolute atomic E-state index is 0.468. The van der Waals surface area contributed by atoms with Crippen LogP contribution >= 0.6 is 11.3 Å². The lowest BCUT2D eigenvalue weighted by molar-refractivity contribution is -0.00881. The van der Waals surface area contributed by atoms with E-state index >= 15 is 0 Å². The average Bonchev–Trinajstić information content (AvgIpc) is 2.69. The molecule has 0 bridgehead atoms. The molecular formula is C16H27NOS. The molecule has 0 aliphatic heterocycles. The molecule has 0 spiro atoms. The lowest BCUT2D eigenvalue weighted by Gasteiger charge is -2.36. The normalized spacial score (nSPS) is 27.7. The van der Waals surface area contributed by atoms with Crippen molar-refractivity contribution in [2.24, 2.45) is 5.92 Å². The second-order valence-corrected chi connectivity index (χ2v) is 7.58. The van der Waals surface area contributed by atoms with E-state index in [0.29, 0.717) is 0 Å². The van der Waals surface area contributed by atoms with E-state index in [0.717, 1.165) is 31.8 Å². The van der Waals surface area contributed by atoms with Gasteiger partial charge in [-0.25, -0.2) is 0 Å². The zero-order valence-electron chi connectivity index (χ0n) is 12.5. The molecule has 1 aliphatic carbocycles. The summed E-state index contributed by atoms with van der Waals surface area (Å²) in [6, 6.07) is 2.25. The standard InChI is InChI=1S/C16H27NOS/c1-4-14-5-7-16(18,8-6-14)11-17-10-15-9-12(2)19-13(15)3/h9,14,17-18H,4-8,10-11H2,1-3H3. The molecule has 1 aromatic heterocycles. The Labute approximate surface area is 121 Å². The van der Waals surface area contributed by atoms with Gasteiger partial charge < -0.3 is 10.4 Å². The molecule has 19 heavy (non-hydrogen) atoms. The van der Waals surface area contributed by atoms with E-state index in [1.807, 2.05) is 11.3 Å². The van der Waals surface area contributed by atoms with Crippen LogP contribution in [0.1, 0.15) is 54.3 Å². The van der Waals surface area contributed by atoms with Crippen molar-refractivity contribution in [2.45, 2.75) is 65.0 Å². The van der Waals surface area contributed by atoms with Gasteiger partial charge in [0, 0.05) is 22.8 Å². The van der Waals surface area contributed by atoms with E-state index in [2.05, 4.69) is 32.2 Å². The predicted octanol–water partition coefficient (Wildman–Crippen LogP) is 3.79. The number of hydrogen-bond acceptors (Lipinski definition) is 3. The number of aryl methyl sites for hydroxylation is 2. The molecule has 0 saturated heterocycles. The van der Waals surface area contributed by atoms with Crippen molar-refractivity contribution in [2.75, 3.05) is 6.54 Å². The molecule has 2 rings (SSSR count). The summed E-state index contributed by atoms with van der Waals surface area (Å²) >= 11 is 1.86. The summed E-state index contributed by atoms with van der Waals surface area (Å²) in [6.07, 6.45) is 5.55. The molecule has 1 saturated carbocycles. The van der Waals surface area contributed by atoms with Crippen molar-refractivity contribution in [1.82, 2.24) is 5.32 Å². The van der Waals surface area contributed by atoms with E-state index < -0.39 is 5.60 Å². The van der Waals surface area contributed by atoms with Crippen molar-refractivity contribution in [3.05, 3.63) is 21.4 Å². The second kappa shape index (κ2) is 6.38. The van der Waals surface area contributed by atoms with E-state index in [9.17, 15) is 5.11 Å². The molecule has 1 aromatic rings. The van der Waals surface area contributed by atoms with Gasteiger partial charge in [-0.15, -0.1) is 11.3 Å². The Morgan fingerprint density at radius 3 is 2.58 bits per heavy atom. The highest BCUT2D eigenvalue weighted by molar-refractivity contribution is 7.12. The fourth-order valence-electron chi connectivity index (χ4n) is 3.09. The van der Waals surface area contributed by atoms with Gasteiger partial charge in [-0.2, -0.15) is 0 Å². The number of rotatable bonds is 5. The average molecular weight is 281 g/mol. The van der Waals surface area contributed by atoms with Gasteiger partial charge in [0.15, 0.2) is 0 Å². The van der Waals surface area contributed by atoms with Crippen molar-refractivity contribution >= 4 is 11.3 Å². The Hall–Kier alpha value is -0.380. The number of thiophene rings is 1. The van der Waals surface area contributed by atoms with E-state index in [1.165, 1.54) is 34.6 Å². The zero-order valence-corrected chi connectivity index (χ0v) is 13.3. The highest BCUT2D eigenvalue weighted by Gasteiger charge is 2.32.